The number of hydrogen-bond acceptors (Lipinski definition) is 3. The average molecular weight is 338 g/mol. The van der Waals surface area contributed by atoms with E-state index in [1.165, 1.54) is 6.20 Å². The highest BCUT2D eigenvalue weighted by atomic mass is 79.9. The summed E-state index contributed by atoms with van der Waals surface area (Å²) < 4.78 is 39.0. The fourth-order valence-corrected chi connectivity index (χ4v) is 2.56. The van der Waals surface area contributed by atoms with Crippen molar-refractivity contribution >= 4 is 21.7 Å². The van der Waals surface area contributed by atoms with E-state index in [2.05, 4.69) is 31.1 Å². The zero-order valence-electron chi connectivity index (χ0n) is 10.5. The van der Waals surface area contributed by atoms with Crippen LogP contribution in [0.15, 0.2) is 16.7 Å². The molecule has 1 aliphatic heterocycles. The number of halogens is 4. The van der Waals surface area contributed by atoms with E-state index < -0.39 is 11.7 Å². The minimum atomic E-state index is -4.40. The summed E-state index contributed by atoms with van der Waals surface area (Å²) in [7, 11) is 2.01. The molecule has 1 aromatic heterocycles. The van der Waals surface area contributed by atoms with Gasteiger partial charge in [-0.3, -0.25) is 0 Å². The van der Waals surface area contributed by atoms with Crippen molar-refractivity contribution in [2.45, 2.75) is 12.6 Å². The standard InChI is InChI=1S/C12H15BrF3N3/c1-19-3-2-8(7-19)5-17-11-10(12(14,15)16)4-9(13)6-18-11/h4,6,8H,2-3,5,7H2,1H3,(H,17,18). The minimum Gasteiger partial charge on any atom is -0.369 e. The Morgan fingerprint density at radius 2 is 2.26 bits per heavy atom. The van der Waals surface area contributed by atoms with Crippen LogP contribution in [0.5, 0.6) is 0 Å². The first-order chi connectivity index (χ1) is 8.86. The molecule has 0 spiro atoms. The molecule has 0 saturated carbocycles. The molecule has 106 valence electrons. The van der Waals surface area contributed by atoms with Crippen LogP contribution in [0.1, 0.15) is 12.0 Å². The molecule has 0 amide bonds. The molecular weight excluding hydrogens is 323 g/mol. The van der Waals surface area contributed by atoms with Gasteiger partial charge in [0.2, 0.25) is 0 Å². The highest BCUT2D eigenvalue weighted by Gasteiger charge is 2.35. The van der Waals surface area contributed by atoms with Crippen LogP contribution in [0.4, 0.5) is 19.0 Å². The molecule has 1 saturated heterocycles. The average Bonchev–Trinajstić information content (AvgIpc) is 2.72. The monoisotopic (exact) mass is 337 g/mol. The summed E-state index contributed by atoms with van der Waals surface area (Å²) in [6, 6.07) is 1.05. The number of likely N-dealkylation sites (tertiary alicyclic amines) is 1. The number of alkyl halides is 3. The quantitative estimate of drug-likeness (QED) is 0.917. The molecule has 0 aliphatic carbocycles. The molecule has 1 unspecified atom stereocenters. The SMILES string of the molecule is CN1CCC(CNc2ncc(Br)cc2C(F)(F)F)C1. The molecule has 1 atom stereocenters. The maximum atomic E-state index is 12.9. The highest BCUT2D eigenvalue weighted by molar-refractivity contribution is 9.10. The molecular formula is C12H15BrF3N3. The van der Waals surface area contributed by atoms with Gasteiger partial charge in [-0.1, -0.05) is 0 Å². The summed E-state index contributed by atoms with van der Waals surface area (Å²) in [6.45, 7) is 2.42. The first-order valence-electron chi connectivity index (χ1n) is 6.01. The maximum absolute atomic E-state index is 12.9. The molecule has 1 aromatic rings. The van der Waals surface area contributed by atoms with Gasteiger partial charge in [-0.25, -0.2) is 4.98 Å². The molecule has 3 nitrogen and oxygen atoms in total. The Morgan fingerprint density at radius 3 is 2.84 bits per heavy atom. The van der Waals surface area contributed by atoms with Crippen molar-refractivity contribution in [1.82, 2.24) is 9.88 Å². The van der Waals surface area contributed by atoms with Gasteiger partial charge in [-0.05, 0) is 47.9 Å². The van der Waals surface area contributed by atoms with E-state index >= 15 is 0 Å². The Bertz CT molecular complexity index is 450. The number of anilines is 1. The Balaban J connectivity index is 2.07. The molecule has 0 bridgehead atoms. The van der Waals surface area contributed by atoms with E-state index in [1.807, 2.05) is 7.05 Å². The van der Waals surface area contributed by atoms with Crippen LogP contribution < -0.4 is 5.32 Å². The van der Waals surface area contributed by atoms with Crippen molar-refractivity contribution in [1.29, 1.82) is 0 Å². The third kappa shape index (κ3) is 3.82. The molecule has 0 radical (unpaired) electrons. The fraction of sp³-hybridized carbons (Fsp3) is 0.583. The van der Waals surface area contributed by atoms with E-state index in [9.17, 15) is 13.2 Å². The lowest BCUT2D eigenvalue weighted by Gasteiger charge is -2.16. The molecule has 7 heteroatoms. The van der Waals surface area contributed by atoms with E-state index in [0.717, 1.165) is 25.6 Å². The number of aromatic nitrogens is 1. The second-order valence-corrected chi connectivity index (χ2v) is 5.76. The van der Waals surface area contributed by atoms with Crippen molar-refractivity contribution in [2.75, 3.05) is 32.0 Å². The van der Waals surface area contributed by atoms with E-state index in [0.29, 0.717) is 16.9 Å². The number of rotatable bonds is 3. The summed E-state index contributed by atoms with van der Waals surface area (Å²) in [5.41, 5.74) is -0.728. The zero-order chi connectivity index (χ0) is 14.0. The Labute approximate surface area is 118 Å². The van der Waals surface area contributed by atoms with Gasteiger partial charge in [0.15, 0.2) is 0 Å². The fourth-order valence-electron chi connectivity index (χ4n) is 2.23. The lowest BCUT2D eigenvalue weighted by molar-refractivity contribution is -0.137. The third-order valence-corrected chi connectivity index (χ3v) is 3.64. The van der Waals surface area contributed by atoms with Crippen molar-refractivity contribution in [3.8, 4) is 0 Å². The summed E-state index contributed by atoms with van der Waals surface area (Å²) in [4.78, 5) is 6.01. The van der Waals surface area contributed by atoms with Gasteiger partial charge in [0.25, 0.3) is 0 Å². The van der Waals surface area contributed by atoms with Crippen LogP contribution in [-0.4, -0.2) is 36.6 Å². The predicted molar refractivity (Wildman–Crippen MR) is 71.0 cm³/mol. The molecule has 1 fully saturated rings. The van der Waals surface area contributed by atoms with Crippen molar-refractivity contribution in [3.05, 3.63) is 22.3 Å². The van der Waals surface area contributed by atoms with Gasteiger partial charge in [0, 0.05) is 23.8 Å². The van der Waals surface area contributed by atoms with Crippen LogP contribution in [0.3, 0.4) is 0 Å². The highest BCUT2D eigenvalue weighted by Crippen LogP contribution is 2.35. The van der Waals surface area contributed by atoms with Crippen LogP contribution in [-0.2, 0) is 6.18 Å². The van der Waals surface area contributed by atoms with Gasteiger partial charge < -0.3 is 10.2 Å². The second-order valence-electron chi connectivity index (χ2n) is 4.85. The van der Waals surface area contributed by atoms with Crippen molar-refractivity contribution in [2.24, 2.45) is 5.92 Å². The molecule has 2 heterocycles. The summed E-state index contributed by atoms with van der Waals surface area (Å²) in [5.74, 6) is 0.279. The van der Waals surface area contributed by atoms with Gasteiger partial charge in [0.1, 0.15) is 5.82 Å². The Kier molecular flexibility index (Phi) is 4.35. The topological polar surface area (TPSA) is 28.2 Å². The Morgan fingerprint density at radius 1 is 1.53 bits per heavy atom. The summed E-state index contributed by atoms with van der Waals surface area (Å²) in [6.07, 6.45) is -2.02. The van der Waals surface area contributed by atoms with E-state index in [4.69, 9.17) is 0 Å². The zero-order valence-corrected chi connectivity index (χ0v) is 12.1. The molecule has 0 aromatic carbocycles. The first kappa shape index (κ1) is 14.6. The van der Waals surface area contributed by atoms with Crippen LogP contribution >= 0.6 is 15.9 Å². The predicted octanol–water partition coefficient (Wildman–Crippen LogP) is 3.23. The molecule has 2 rings (SSSR count). The van der Waals surface area contributed by atoms with Gasteiger partial charge >= 0.3 is 6.18 Å². The normalized spacial score (nSPS) is 20.8. The van der Waals surface area contributed by atoms with E-state index in [1.54, 1.807) is 0 Å². The number of nitrogens with one attached hydrogen (secondary N) is 1. The maximum Gasteiger partial charge on any atom is 0.419 e. The first-order valence-corrected chi connectivity index (χ1v) is 6.80. The number of hydrogen-bond donors (Lipinski definition) is 1. The summed E-state index contributed by atoms with van der Waals surface area (Å²) in [5, 5.41) is 2.83. The van der Waals surface area contributed by atoms with Gasteiger partial charge in [-0.2, -0.15) is 13.2 Å². The second kappa shape index (κ2) is 5.66. The van der Waals surface area contributed by atoms with E-state index in [-0.39, 0.29) is 5.82 Å². The Hall–Kier alpha value is -0.820. The largest absolute Gasteiger partial charge is 0.419 e. The van der Waals surface area contributed by atoms with Crippen LogP contribution in [0.2, 0.25) is 0 Å². The summed E-state index contributed by atoms with van der Waals surface area (Å²) >= 11 is 3.02. The number of nitrogens with zero attached hydrogens (tertiary/aromatic N) is 2. The van der Waals surface area contributed by atoms with Crippen molar-refractivity contribution in [3.63, 3.8) is 0 Å². The molecule has 1 N–H and O–H groups in total. The molecule has 1 aliphatic rings. The van der Waals surface area contributed by atoms with Crippen molar-refractivity contribution < 1.29 is 13.2 Å². The smallest absolute Gasteiger partial charge is 0.369 e. The third-order valence-electron chi connectivity index (χ3n) is 3.21. The lowest BCUT2D eigenvalue weighted by atomic mass is 10.1. The van der Waals surface area contributed by atoms with Gasteiger partial charge in [-0.15, -0.1) is 0 Å². The molecule has 19 heavy (non-hydrogen) atoms. The van der Waals surface area contributed by atoms with Crippen LogP contribution in [0.25, 0.3) is 0 Å². The van der Waals surface area contributed by atoms with Crippen LogP contribution in [0, 0.1) is 5.92 Å². The van der Waals surface area contributed by atoms with Gasteiger partial charge in [0.05, 0.1) is 5.56 Å². The lowest BCUT2D eigenvalue weighted by Crippen LogP contribution is -2.21. The minimum absolute atomic E-state index is 0.0924. The number of pyridine rings is 1.